The highest BCUT2D eigenvalue weighted by Gasteiger charge is 2.14. The van der Waals surface area contributed by atoms with Crippen LogP contribution in [-0.4, -0.2) is 29.3 Å². The molecule has 0 saturated carbocycles. The SMILES string of the molecule is CCc1sc(C(=O)NCC(=O)NNC(=O)c2ccc3ccccc3n2)cc1C. The number of nitrogens with one attached hydrogen (secondary N) is 3. The number of fused-ring (bicyclic) bond motifs is 1. The van der Waals surface area contributed by atoms with E-state index in [9.17, 15) is 14.4 Å². The van der Waals surface area contributed by atoms with Crippen molar-refractivity contribution in [2.75, 3.05) is 6.54 Å². The number of carbonyl (C=O) groups excluding carboxylic acids is 3. The van der Waals surface area contributed by atoms with Gasteiger partial charge in [-0.05, 0) is 37.1 Å². The highest BCUT2D eigenvalue weighted by atomic mass is 32.1. The third-order valence-corrected chi connectivity index (χ3v) is 5.50. The molecule has 3 amide bonds. The van der Waals surface area contributed by atoms with Gasteiger partial charge in [0.2, 0.25) is 0 Å². The van der Waals surface area contributed by atoms with Gasteiger partial charge in [-0.3, -0.25) is 25.2 Å². The molecule has 3 rings (SSSR count). The number of carbonyl (C=O) groups is 3. The summed E-state index contributed by atoms with van der Waals surface area (Å²) in [6.07, 6.45) is 0.860. The second-order valence-corrected chi connectivity index (χ2v) is 7.28. The largest absolute Gasteiger partial charge is 0.342 e. The van der Waals surface area contributed by atoms with E-state index in [0.29, 0.717) is 10.4 Å². The highest BCUT2D eigenvalue weighted by Crippen LogP contribution is 2.22. The molecule has 0 aliphatic heterocycles. The first-order valence-corrected chi connectivity index (χ1v) is 9.62. The van der Waals surface area contributed by atoms with E-state index < -0.39 is 11.8 Å². The Hall–Kier alpha value is -3.26. The quantitative estimate of drug-likeness (QED) is 0.577. The van der Waals surface area contributed by atoms with Crippen LogP contribution in [-0.2, 0) is 11.2 Å². The number of thiophene rings is 1. The highest BCUT2D eigenvalue weighted by molar-refractivity contribution is 7.14. The summed E-state index contributed by atoms with van der Waals surface area (Å²) >= 11 is 1.41. The van der Waals surface area contributed by atoms with Crippen LogP contribution in [0.15, 0.2) is 42.5 Å². The minimum absolute atomic E-state index is 0.184. The number of hydrogen-bond donors (Lipinski definition) is 3. The number of nitrogens with zero attached hydrogens (tertiary/aromatic N) is 1. The normalized spacial score (nSPS) is 10.5. The van der Waals surface area contributed by atoms with Gasteiger partial charge in [0.05, 0.1) is 16.9 Å². The van der Waals surface area contributed by atoms with Gasteiger partial charge in [-0.15, -0.1) is 11.3 Å². The Labute approximate surface area is 166 Å². The minimum atomic E-state index is -0.536. The molecule has 7 nitrogen and oxygen atoms in total. The number of aryl methyl sites for hydroxylation is 2. The molecule has 0 aliphatic carbocycles. The van der Waals surface area contributed by atoms with Gasteiger partial charge in [0.15, 0.2) is 0 Å². The predicted octanol–water partition coefficient (Wildman–Crippen LogP) is 2.36. The van der Waals surface area contributed by atoms with E-state index in [1.165, 1.54) is 11.3 Å². The molecule has 0 bridgehead atoms. The summed E-state index contributed by atoms with van der Waals surface area (Å²) in [5.74, 6) is -1.39. The van der Waals surface area contributed by atoms with Crippen LogP contribution in [0.5, 0.6) is 0 Å². The monoisotopic (exact) mass is 396 g/mol. The zero-order valence-electron chi connectivity index (χ0n) is 15.5. The molecule has 3 aromatic rings. The Kier molecular flexibility index (Phi) is 6.00. The molecule has 28 heavy (non-hydrogen) atoms. The third kappa shape index (κ3) is 4.52. The molecule has 1 aromatic carbocycles. The van der Waals surface area contributed by atoms with Crippen LogP contribution in [0.2, 0.25) is 0 Å². The molecule has 144 valence electrons. The van der Waals surface area contributed by atoms with Gasteiger partial charge in [0.25, 0.3) is 17.7 Å². The fourth-order valence-electron chi connectivity index (χ4n) is 2.66. The van der Waals surface area contributed by atoms with Crippen LogP contribution in [0.25, 0.3) is 10.9 Å². The summed E-state index contributed by atoms with van der Waals surface area (Å²) in [6.45, 7) is 3.74. The van der Waals surface area contributed by atoms with Crippen LogP contribution in [0.3, 0.4) is 0 Å². The lowest BCUT2D eigenvalue weighted by atomic mass is 10.2. The summed E-state index contributed by atoms with van der Waals surface area (Å²) in [5, 5.41) is 3.46. The van der Waals surface area contributed by atoms with E-state index in [1.54, 1.807) is 18.2 Å². The topological polar surface area (TPSA) is 100 Å². The van der Waals surface area contributed by atoms with Crippen LogP contribution >= 0.6 is 11.3 Å². The van der Waals surface area contributed by atoms with Crippen LogP contribution < -0.4 is 16.2 Å². The molecule has 2 heterocycles. The minimum Gasteiger partial charge on any atom is -0.342 e. The second kappa shape index (κ2) is 8.62. The van der Waals surface area contributed by atoms with E-state index in [1.807, 2.05) is 38.1 Å². The first kappa shape index (κ1) is 19.5. The van der Waals surface area contributed by atoms with Crippen molar-refractivity contribution in [2.24, 2.45) is 0 Å². The molecular formula is C20H20N4O3S. The predicted molar refractivity (Wildman–Crippen MR) is 108 cm³/mol. The number of hydrogen-bond acceptors (Lipinski definition) is 5. The lowest BCUT2D eigenvalue weighted by Gasteiger charge is -2.08. The fraction of sp³-hybridized carbons (Fsp3) is 0.200. The summed E-state index contributed by atoms with van der Waals surface area (Å²) in [7, 11) is 0. The van der Waals surface area contributed by atoms with Crippen molar-refractivity contribution in [2.45, 2.75) is 20.3 Å². The molecule has 3 N–H and O–H groups in total. The number of hydrazine groups is 1. The Balaban J connectivity index is 1.50. The number of para-hydroxylation sites is 1. The van der Waals surface area contributed by atoms with Gasteiger partial charge in [0.1, 0.15) is 5.69 Å². The number of rotatable bonds is 5. The van der Waals surface area contributed by atoms with Gasteiger partial charge in [-0.2, -0.15) is 0 Å². The van der Waals surface area contributed by atoms with Crippen LogP contribution in [0.1, 0.15) is 37.5 Å². The first-order chi connectivity index (χ1) is 13.5. The molecule has 0 aliphatic rings. The summed E-state index contributed by atoms with van der Waals surface area (Å²) in [5.41, 5.74) is 6.51. The van der Waals surface area contributed by atoms with Gasteiger partial charge in [0, 0.05) is 10.3 Å². The maximum absolute atomic E-state index is 12.2. The van der Waals surface area contributed by atoms with Gasteiger partial charge in [-0.25, -0.2) is 4.98 Å². The fourth-order valence-corrected chi connectivity index (χ4v) is 3.69. The van der Waals surface area contributed by atoms with Crippen molar-refractivity contribution in [1.82, 2.24) is 21.2 Å². The van der Waals surface area contributed by atoms with Crippen molar-refractivity contribution in [1.29, 1.82) is 0 Å². The van der Waals surface area contributed by atoms with E-state index in [0.717, 1.165) is 22.2 Å². The summed E-state index contributed by atoms with van der Waals surface area (Å²) in [4.78, 5) is 42.1. The lowest BCUT2D eigenvalue weighted by molar-refractivity contribution is -0.120. The van der Waals surface area contributed by atoms with Gasteiger partial charge < -0.3 is 5.32 Å². The number of benzene rings is 1. The summed E-state index contributed by atoms with van der Waals surface area (Å²) < 4.78 is 0. The van der Waals surface area contributed by atoms with Gasteiger partial charge >= 0.3 is 0 Å². The molecule has 0 spiro atoms. The van der Waals surface area contributed by atoms with Crippen molar-refractivity contribution in [3.8, 4) is 0 Å². The summed E-state index contributed by atoms with van der Waals surface area (Å²) in [6, 6.07) is 12.6. The molecule has 0 atom stereocenters. The van der Waals surface area contributed by atoms with E-state index in [4.69, 9.17) is 0 Å². The van der Waals surface area contributed by atoms with Gasteiger partial charge in [-0.1, -0.05) is 31.2 Å². The first-order valence-electron chi connectivity index (χ1n) is 8.80. The zero-order valence-corrected chi connectivity index (χ0v) is 16.4. The zero-order chi connectivity index (χ0) is 20.1. The van der Waals surface area contributed by atoms with Crippen molar-refractivity contribution >= 4 is 40.0 Å². The van der Waals surface area contributed by atoms with Crippen molar-refractivity contribution < 1.29 is 14.4 Å². The Bertz CT molecular complexity index is 1040. The Morgan fingerprint density at radius 1 is 1.04 bits per heavy atom. The van der Waals surface area contributed by atoms with Crippen molar-refractivity contribution in [3.05, 3.63) is 63.5 Å². The molecule has 2 aromatic heterocycles. The molecular weight excluding hydrogens is 376 g/mol. The van der Waals surface area contributed by atoms with Crippen molar-refractivity contribution in [3.63, 3.8) is 0 Å². The maximum atomic E-state index is 12.2. The lowest BCUT2D eigenvalue weighted by Crippen LogP contribution is -2.46. The number of amides is 3. The number of aromatic nitrogens is 1. The maximum Gasteiger partial charge on any atom is 0.288 e. The smallest absolute Gasteiger partial charge is 0.288 e. The standard InChI is InChI=1S/C20H20N4O3S/c1-3-16-12(2)10-17(28-16)20(27)21-11-18(25)23-24-19(26)15-9-8-13-6-4-5-7-14(13)22-15/h4-10H,3,11H2,1-2H3,(H,21,27)(H,23,25)(H,24,26). The Morgan fingerprint density at radius 2 is 1.82 bits per heavy atom. The van der Waals surface area contributed by atoms with Crippen LogP contribution in [0.4, 0.5) is 0 Å². The average Bonchev–Trinajstić information content (AvgIpc) is 3.10. The van der Waals surface area contributed by atoms with E-state index in [2.05, 4.69) is 21.2 Å². The molecule has 0 unspecified atom stereocenters. The molecule has 0 radical (unpaired) electrons. The number of pyridine rings is 1. The van der Waals surface area contributed by atoms with E-state index in [-0.39, 0.29) is 18.1 Å². The molecule has 8 heteroatoms. The van der Waals surface area contributed by atoms with Crippen LogP contribution in [0, 0.1) is 6.92 Å². The second-order valence-electron chi connectivity index (χ2n) is 6.14. The third-order valence-electron chi connectivity index (χ3n) is 4.12. The Morgan fingerprint density at radius 3 is 2.57 bits per heavy atom. The molecule has 0 saturated heterocycles. The molecule has 0 fully saturated rings. The average molecular weight is 396 g/mol. The van der Waals surface area contributed by atoms with E-state index >= 15 is 0 Å².